The third-order valence-corrected chi connectivity index (χ3v) is 3.71. The molecule has 3 aromatic rings. The molecule has 5 heteroatoms. The second kappa shape index (κ2) is 8.25. The van der Waals surface area contributed by atoms with E-state index in [0.29, 0.717) is 29.8 Å². The largest absolute Gasteiger partial charge is 0.350 e. The lowest BCUT2D eigenvalue weighted by molar-refractivity contribution is 0.0944. The van der Waals surface area contributed by atoms with Crippen LogP contribution in [0.2, 0.25) is 0 Å². The highest BCUT2D eigenvalue weighted by Crippen LogP contribution is 2.20. The quantitative estimate of drug-likeness (QED) is 0.699. The number of carbonyl (C=O) groups is 1. The maximum Gasteiger partial charge on any atom is 0.270 e. The van der Waals surface area contributed by atoms with Crippen LogP contribution in [-0.2, 0) is 0 Å². The minimum Gasteiger partial charge on any atom is -0.350 e. The van der Waals surface area contributed by atoms with Crippen LogP contribution in [0.5, 0.6) is 0 Å². The van der Waals surface area contributed by atoms with Crippen LogP contribution in [0.1, 0.15) is 24.3 Å². The lowest BCUT2D eigenvalue weighted by Crippen LogP contribution is -2.28. The highest BCUT2D eigenvalue weighted by molar-refractivity contribution is 5.93. The van der Waals surface area contributed by atoms with E-state index < -0.39 is 0 Å². The molecule has 0 saturated carbocycles. The van der Waals surface area contributed by atoms with Crippen LogP contribution in [0, 0.1) is 5.92 Å². The first kappa shape index (κ1) is 17.6. The molecule has 0 radical (unpaired) electrons. The molecule has 2 N–H and O–H groups in total. The summed E-state index contributed by atoms with van der Waals surface area (Å²) in [6.45, 7) is 4.71. The second-order valence-electron chi connectivity index (χ2n) is 6.42. The number of rotatable bonds is 6. The van der Waals surface area contributed by atoms with E-state index in [1.165, 1.54) is 0 Å². The standard InChI is InChI=1S/C21H22N4O/c1-15(2)14-22-21(26)18-13-19(23-17-11-7-4-8-12-17)25-20(24-18)16-9-5-3-6-10-16/h3-13,15H,14H2,1-2H3,(H,22,26)(H,23,24,25). The van der Waals surface area contributed by atoms with Gasteiger partial charge in [0.2, 0.25) is 0 Å². The van der Waals surface area contributed by atoms with Crippen LogP contribution in [0.4, 0.5) is 11.5 Å². The molecule has 2 aromatic carbocycles. The number of aromatic nitrogens is 2. The normalized spacial score (nSPS) is 10.6. The van der Waals surface area contributed by atoms with Crippen molar-refractivity contribution in [3.63, 3.8) is 0 Å². The van der Waals surface area contributed by atoms with Crippen LogP contribution >= 0.6 is 0 Å². The summed E-state index contributed by atoms with van der Waals surface area (Å²) in [6, 6.07) is 21.0. The zero-order valence-corrected chi connectivity index (χ0v) is 14.9. The van der Waals surface area contributed by atoms with Gasteiger partial charge in [-0.2, -0.15) is 0 Å². The van der Waals surface area contributed by atoms with E-state index in [2.05, 4.69) is 34.4 Å². The Morgan fingerprint density at radius 1 is 0.962 bits per heavy atom. The molecule has 1 amide bonds. The number of carbonyl (C=O) groups excluding carboxylic acids is 1. The molecular formula is C21H22N4O. The van der Waals surface area contributed by atoms with Crippen LogP contribution in [0.25, 0.3) is 11.4 Å². The zero-order valence-electron chi connectivity index (χ0n) is 14.9. The molecule has 1 heterocycles. The molecule has 0 bridgehead atoms. The fraction of sp³-hybridized carbons (Fsp3) is 0.190. The Hall–Kier alpha value is -3.21. The molecule has 3 rings (SSSR count). The van der Waals surface area contributed by atoms with Gasteiger partial charge >= 0.3 is 0 Å². The van der Waals surface area contributed by atoms with Gasteiger partial charge < -0.3 is 10.6 Å². The van der Waals surface area contributed by atoms with Crippen molar-refractivity contribution in [2.45, 2.75) is 13.8 Å². The number of hydrogen-bond donors (Lipinski definition) is 2. The van der Waals surface area contributed by atoms with Crippen molar-refractivity contribution in [1.82, 2.24) is 15.3 Å². The predicted molar refractivity (Wildman–Crippen MR) is 104 cm³/mol. The lowest BCUT2D eigenvalue weighted by atomic mass is 10.2. The molecule has 0 aliphatic carbocycles. The van der Waals surface area contributed by atoms with E-state index in [0.717, 1.165) is 11.3 Å². The van der Waals surface area contributed by atoms with Crippen LogP contribution in [-0.4, -0.2) is 22.4 Å². The minimum absolute atomic E-state index is 0.200. The van der Waals surface area contributed by atoms with Crippen LogP contribution < -0.4 is 10.6 Å². The molecule has 0 saturated heterocycles. The molecule has 0 aliphatic heterocycles. The minimum atomic E-state index is -0.200. The van der Waals surface area contributed by atoms with Crippen molar-refractivity contribution in [2.75, 3.05) is 11.9 Å². The number of para-hydroxylation sites is 1. The summed E-state index contributed by atoms with van der Waals surface area (Å²) in [4.78, 5) is 21.5. The van der Waals surface area contributed by atoms with Gasteiger partial charge in [-0.25, -0.2) is 9.97 Å². The number of hydrogen-bond acceptors (Lipinski definition) is 4. The van der Waals surface area contributed by atoms with Gasteiger partial charge in [-0.05, 0) is 18.1 Å². The van der Waals surface area contributed by atoms with Crippen molar-refractivity contribution in [2.24, 2.45) is 5.92 Å². The molecule has 26 heavy (non-hydrogen) atoms. The third-order valence-electron chi connectivity index (χ3n) is 3.71. The van der Waals surface area contributed by atoms with Crippen molar-refractivity contribution in [3.8, 4) is 11.4 Å². The Balaban J connectivity index is 1.95. The van der Waals surface area contributed by atoms with Crippen LogP contribution in [0.15, 0.2) is 66.7 Å². The number of nitrogens with zero attached hydrogens (tertiary/aromatic N) is 2. The average molecular weight is 346 g/mol. The second-order valence-corrected chi connectivity index (χ2v) is 6.42. The van der Waals surface area contributed by atoms with Gasteiger partial charge in [0.05, 0.1) is 0 Å². The predicted octanol–water partition coefficient (Wildman–Crippen LogP) is 4.27. The van der Waals surface area contributed by atoms with E-state index in [1.807, 2.05) is 60.7 Å². The number of amides is 1. The summed E-state index contributed by atoms with van der Waals surface area (Å²) in [5, 5.41) is 6.15. The van der Waals surface area contributed by atoms with Gasteiger partial charge in [0.15, 0.2) is 5.82 Å². The number of benzene rings is 2. The van der Waals surface area contributed by atoms with Crippen molar-refractivity contribution in [1.29, 1.82) is 0 Å². The van der Waals surface area contributed by atoms with E-state index >= 15 is 0 Å². The van der Waals surface area contributed by atoms with Crippen LogP contribution in [0.3, 0.4) is 0 Å². The van der Waals surface area contributed by atoms with Crippen molar-refractivity contribution in [3.05, 3.63) is 72.4 Å². The first-order valence-corrected chi connectivity index (χ1v) is 8.66. The zero-order chi connectivity index (χ0) is 18.4. The summed E-state index contributed by atoms with van der Waals surface area (Å²) in [5.74, 6) is 1.27. The molecule has 0 unspecified atom stereocenters. The first-order chi connectivity index (χ1) is 12.6. The van der Waals surface area contributed by atoms with E-state index in [-0.39, 0.29) is 5.91 Å². The first-order valence-electron chi connectivity index (χ1n) is 8.66. The fourth-order valence-corrected chi connectivity index (χ4v) is 2.40. The van der Waals surface area contributed by atoms with Gasteiger partial charge in [0.1, 0.15) is 11.5 Å². The monoisotopic (exact) mass is 346 g/mol. The fourth-order valence-electron chi connectivity index (χ4n) is 2.40. The van der Waals surface area contributed by atoms with Gasteiger partial charge in [-0.1, -0.05) is 62.4 Å². The van der Waals surface area contributed by atoms with Crippen molar-refractivity contribution < 1.29 is 4.79 Å². The molecular weight excluding hydrogens is 324 g/mol. The van der Waals surface area contributed by atoms with Gasteiger partial charge in [0, 0.05) is 23.9 Å². The summed E-state index contributed by atoms with van der Waals surface area (Å²) >= 11 is 0. The topological polar surface area (TPSA) is 66.9 Å². The summed E-state index contributed by atoms with van der Waals surface area (Å²) in [5.41, 5.74) is 2.11. The molecule has 0 spiro atoms. The molecule has 132 valence electrons. The summed E-state index contributed by atoms with van der Waals surface area (Å²) in [7, 11) is 0. The Morgan fingerprint density at radius 3 is 2.27 bits per heavy atom. The highest BCUT2D eigenvalue weighted by Gasteiger charge is 2.13. The van der Waals surface area contributed by atoms with Gasteiger partial charge in [0.25, 0.3) is 5.91 Å². The molecule has 1 aromatic heterocycles. The number of nitrogens with one attached hydrogen (secondary N) is 2. The molecule has 0 aliphatic rings. The SMILES string of the molecule is CC(C)CNC(=O)c1cc(Nc2ccccc2)nc(-c2ccccc2)n1. The Kier molecular flexibility index (Phi) is 5.59. The van der Waals surface area contributed by atoms with E-state index in [4.69, 9.17) is 0 Å². The summed E-state index contributed by atoms with van der Waals surface area (Å²) < 4.78 is 0. The summed E-state index contributed by atoms with van der Waals surface area (Å²) in [6.07, 6.45) is 0. The Labute approximate surface area is 153 Å². The highest BCUT2D eigenvalue weighted by atomic mass is 16.1. The number of anilines is 2. The van der Waals surface area contributed by atoms with E-state index in [1.54, 1.807) is 6.07 Å². The maximum atomic E-state index is 12.5. The van der Waals surface area contributed by atoms with Crippen molar-refractivity contribution >= 4 is 17.4 Å². The average Bonchev–Trinajstić information content (AvgIpc) is 2.67. The lowest BCUT2D eigenvalue weighted by Gasteiger charge is -2.11. The Morgan fingerprint density at radius 2 is 1.62 bits per heavy atom. The third kappa shape index (κ3) is 4.66. The maximum absolute atomic E-state index is 12.5. The molecule has 0 fully saturated rings. The van der Waals surface area contributed by atoms with Gasteiger partial charge in [-0.3, -0.25) is 4.79 Å². The van der Waals surface area contributed by atoms with Gasteiger partial charge in [-0.15, -0.1) is 0 Å². The Bertz CT molecular complexity index is 864. The molecule has 0 atom stereocenters. The smallest absolute Gasteiger partial charge is 0.270 e. The van der Waals surface area contributed by atoms with E-state index in [9.17, 15) is 4.79 Å². The molecule has 5 nitrogen and oxygen atoms in total.